The third-order valence-electron chi connectivity index (χ3n) is 4.35. The van der Waals surface area contributed by atoms with Gasteiger partial charge in [-0.25, -0.2) is 0 Å². The highest BCUT2D eigenvalue weighted by atomic mass is 16.5. The molecule has 0 unspecified atom stereocenters. The summed E-state index contributed by atoms with van der Waals surface area (Å²) in [5, 5.41) is 4.06. The number of hydrogen-bond donors (Lipinski definition) is 0. The summed E-state index contributed by atoms with van der Waals surface area (Å²) < 4.78 is 12.5. The summed E-state index contributed by atoms with van der Waals surface area (Å²) in [6.45, 7) is 4.66. The molecule has 1 amide bonds. The van der Waals surface area contributed by atoms with Gasteiger partial charge in [-0.1, -0.05) is 0 Å². The number of rotatable bonds is 6. The molecule has 1 saturated heterocycles. The van der Waals surface area contributed by atoms with Crippen LogP contribution in [0.5, 0.6) is 11.5 Å². The zero-order chi connectivity index (χ0) is 17.6. The van der Waals surface area contributed by atoms with Crippen molar-refractivity contribution in [2.45, 2.75) is 0 Å². The zero-order valence-electron chi connectivity index (χ0n) is 14.7. The molecule has 7 heteroatoms. The van der Waals surface area contributed by atoms with Crippen LogP contribution in [0.25, 0.3) is 0 Å². The first-order chi connectivity index (χ1) is 12.2. The van der Waals surface area contributed by atoms with Crippen molar-refractivity contribution in [3.05, 3.63) is 42.2 Å². The minimum atomic E-state index is 0.0576. The van der Waals surface area contributed by atoms with E-state index in [9.17, 15) is 4.79 Å². The van der Waals surface area contributed by atoms with Gasteiger partial charge in [-0.3, -0.25) is 14.4 Å². The van der Waals surface area contributed by atoms with E-state index in [0.717, 1.165) is 44.2 Å². The van der Waals surface area contributed by atoms with Gasteiger partial charge in [0.1, 0.15) is 18.1 Å². The van der Waals surface area contributed by atoms with Crippen LogP contribution < -0.4 is 9.47 Å². The predicted molar refractivity (Wildman–Crippen MR) is 94.0 cm³/mol. The van der Waals surface area contributed by atoms with Gasteiger partial charge in [-0.05, 0) is 24.3 Å². The molecule has 0 radical (unpaired) electrons. The summed E-state index contributed by atoms with van der Waals surface area (Å²) >= 11 is 0. The highest BCUT2D eigenvalue weighted by molar-refractivity contribution is 5.93. The Labute approximate surface area is 147 Å². The molecule has 0 bridgehead atoms. The van der Waals surface area contributed by atoms with Crippen molar-refractivity contribution in [2.24, 2.45) is 7.05 Å². The average molecular weight is 344 g/mol. The number of methoxy groups -OCH3 is 1. The number of aromatic nitrogens is 2. The second kappa shape index (κ2) is 8.02. The predicted octanol–water partition coefficient (Wildman–Crippen LogP) is 1.27. The van der Waals surface area contributed by atoms with Crippen LogP contribution in [0.4, 0.5) is 0 Å². The maximum absolute atomic E-state index is 12.4. The number of nitrogens with zero attached hydrogens (tertiary/aromatic N) is 4. The van der Waals surface area contributed by atoms with Gasteiger partial charge < -0.3 is 14.4 Å². The molecule has 0 atom stereocenters. The van der Waals surface area contributed by atoms with Crippen LogP contribution in [-0.4, -0.2) is 71.9 Å². The minimum Gasteiger partial charge on any atom is -0.497 e. The fraction of sp³-hybridized carbons (Fsp3) is 0.444. The number of amides is 1. The van der Waals surface area contributed by atoms with Crippen LogP contribution in [0.1, 0.15) is 10.4 Å². The lowest BCUT2D eigenvalue weighted by molar-refractivity contribution is 0.0620. The van der Waals surface area contributed by atoms with Gasteiger partial charge in [0.15, 0.2) is 0 Å². The van der Waals surface area contributed by atoms with E-state index >= 15 is 0 Å². The Balaban J connectivity index is 1.39. The lowest BCUT2D eigenvalue weighted by Crippen LogP contribution is -2.49. The summed E-state index contributed by atoms with van der Waals surface area (Å²) in [6, 6.07) is 7.59. The van der Waals surface area contributed by atoms with E-state index in [0.29, 0.717) is 12.2 Å². The molecule has 1 aromatic heterocycles. The first kappa shape index (κ1) is 17.3. The van der Waals surface area contributed by atoms with E-state index in [4.69, 9.17) is 9.47 Å². The Morgan fingerprint density at radius 1 is 1.12 bits per heavy atom. The lowest BCUT2D eigenvalue weighted by Gasteiger charge is -2.34. The number of carbonyl (C=O) groups excluding carboxylic acids is 1. The molecule has 0 saturated carbocycles. The standard InChI is InChI=1S/C18H24N4O3/c1-20-14-15(13-19-20)18(23)22-9-7-21(8-10-22)11-12-25-17-5-3-16(24-2)4-6-17/h3-6,13-14H,7-12H2,1-2H3. The fourth-order valence-corrected chi connectivity index (χ4v) is 2.85. The Bertz CT molecular complexity index is 691. The van der Waals surface area contributed by atoms with Crippen LogP contribution in [-0.2, 0) is 7.05 Å². The molecule has 2 heterocycles. The van der Waals surface area contributed by atoms with Crippen LogP contribution in [0.15, 0.2) is 36.7 Å². The number of aryl methyl sites for hydroxylation is 1. The molecule has 1 aliphatic rings. The van der Waals surface area contributed by atoms with E-state index in [1.54, 1.807) is 24.2 Å². The van der Waals surface area contributed by atoms with E-state index in [1.165, 1.54) is 0 Å². The molecular formula is C18H24N4O3. The lowest BCUT2D eigenvalue weighted by atomic mass is 10.2. The van der Waals surface area contributed by atoms with Crippen LogP contribution >= 0.6 is 0 Å². The summed E-state index contributed by atoms with van der Waals surface area (Å²) in [5.41, 5.74) is 0.652. The summed E-state index contributed by atoms with van der Waals surface area (Å²) in [4.78, 5) is 16.6. The molecule has 2 aromatic rings. The number of piperazine rings is 1. The Morgan fingerprint density at radius 3 is 2.40 bits per heavy atom. The van der Waals surface area contributed by atoms with Gasteiger partial charge >= 0.3 is 0 Å². The number of hydrogen-bond acceptors (Lipinski definition) is 5. The second-order valence-electron chi connectivity index (χ2n) is 6.06. The van der Waals surface area contributed by atoms with Crippen molar-refractivity contribution >= 4 is 5.91 Å². The van der Waals surface area contributed by atoms with Gasteiger partial charge in [0.2, 0.25) is 0 Å². The highest BCUT2D eigenvalue weighted by Gasteiger charge is 2.22. The Hall–Kier alpha value is -2.54. The topological polar surface area (TPSA) is 59.8 Å². The molecule has 3 rings (SSSR count). The molecule has 0 spiro atoms. The van der Waals surface area contributed by atoms with E-state index in [1.807, 2.05) is 36.2 Å². The van der Waals surface area contributed by atoms with Gasteiger partial charge in [0.05, 0.1) is 18.9 Å². The molecule has 1 aliphatic heterocycles. The number of ether oxygens (including phenoxy) is 2. The molecule has 134 valence electrons. The number of carbonyl (C=O) groups is 1. The molecule has 1 aromatic carbocycles. The van der Waals surface area contributed by atoms with Gasteiger partial charge in [0.25, 0.3) is 5.91 Å². The van der Waals surface area contributed by atoms with Crippen molar-refractivity contribution in [3.8, 4) is 11.5 Å². The second-order valence-corrected chi connectivity index (χ2v) is 6.06. The summed E-state index contributed by atoms with van der Waals surface area (Å²) in [6.07, 6.45) is 3.38. The van der Waals surface area contributed by atoms with E-state index in [-0.39, 0.29) is 5.91 Å². The van der Waals surface area contributed by atoms with Gasteiger partial charge in [0, 0.05) is 46.0 Å². The highest BCUT2D eigenvalue weighted by Crippen LogP contribution is 2.17. The average Bonchev–Trinajstić information content (AvgIpc) is 3.09. The first-order valence-corrected chi connectivity index (χ1v) is 8.43. The van der Waals surface area contributed by atoms with Crippen molar-refractivity contribution in [2.75, 3.05) is 46.4 Å². The third-order valence-corrected chi connectivity index (χ3v) is 4.35. The first-order valence-electron chi connectivity index (χ1n) is 8.43. The molecule has 0 aliphatic carbocycles. The molecule has 0 N–H and O–H groups in total. The third kappa shape index (κ3) is 4.51. The maximum Gasteiger partial charge on any atom is 0.257 e. The van der Waals surface area contributed by atoms with Crippen LogP contribution in [0.3, 0.4) is 0 Å². The summed E-state index contributed by atoms with van der Waals surface area (Å²) in [7, 11) is 3.46. The largest absolute Gasteiger partial charge is 0.497 e. The van der Waals surface area contributed by atoms with Crippen molar-refractivity contribution in [1.29, 1.82) is 0 Å². The SMILES string of the molecule is COc1ccc(OCCN2CCN(C(=O)c3cnn(C)c3)CC2)cc1. The summed E-state index contributed by atoms with van der Waals surface area (Å²) in [5.74, 6) is 1.72. The van der Waals surface area contributed by atoms with Gasteiger partial charge in [-0.15, -0.1) is 0 Å². The van der Waals surface area contributed by atoms with Crippen molar-refractivity contribution < 1.29 is 14.3 Å². The van der Waals surface area contributed by atoms with Crippen LogP contribution in [0, 0.1) is 0 Å². The molecule has 25 heavy (non-hydrogen) atoms. The normalized spacial score (nSPS) is 15.2. The van der Waals surface area contributed by atoms with Crippen molar-refractivity contribution in [3.63, 3.8) is 0 Å². The minimum absolute atomic E-state index is 0.0576. The maximum atomic E-state index is 12.4. The van der Waals surface area contributed by atoms with E-state index in [2.05, 4.69) is 10.00 Å². The molecule has 7 nitrogen and oxygen atoms in total. The smallest absolute Gasteiger partial charge is 0.257 e. The van der Waals surface area contributed by atoms with Gasteiger partial charge in [-0.2, -0.15) is 5.10 Å². The molecular weight excluding hydrogens is 320 g/mol. The fourth-order valence-electron chi connectivity index (χ4n) is 2.85. The van der Waals surface area contributed by atoms with E-state index < -0.39 is 0 Å². The Morgan fingerprint density at radius 2 is 1.80 bits per heavy atom. The monoisotopic (exact) mass is 344 g/mol. The molecule has 1 fully saturated rings. The van der Waals surface area contributed by atoms with Crippen LogP contribution in [0.2, 0.25) is 0 Å². The quantitative estimate of drug-likeness (QED) is 0.790. The Kier molecular flexibility index (Phi) is 5.55. The number of benzene rings is 1. The zero-order valence-corrected chi connectivity index (χ0v) is 14.7. The van der Waals surface area contributed by atoms with Crippen molar-refractivity contribution in [1.82, 2.24) is 19.6 Å².